The maximum atomic E-state index is 12.4. The van der Waals surface area contributed by atoms with Crippen LogP contribution in [-0.4, -0.2) is 18.2 Å². The summed E-state index contributed by atoms with van der Waals surface area (Å²) in [5, 5.41) is 9.16. The Morgan fingerprint density at radius 2 is 1.95 bits per heavy atom. The zero-order valence-electron chi connectivity index (χ0n) is 10.00. The molecular formula is C13H11F3N2O. The Hall–Kier alpha value is -1.87. The molecule has 0 aromatic carbocycles. The minimum absolute atomic E-state index is 0.407. The first-order chi connectivity index (χ1) is 9.02. The van der Waals surface area contributed by atoms with Crippen molar-refractivity contribution in [3.05, 3.63) is 35.2 Å². The van der Waals surface area contributed by atoms with Gasteiger partial charge in [0.2, 0.25) is 0 Å². The fraction of sp³-hybridized carbons (Fsp3) is 0.385. The molecule has 19 heavy (non-hydrogen) atoms. The number of allylic oxidation sites excluding steroid dienone is 1. The minimum Gasteiger partial charge on any atom is -0.381 e. The molecule has 0 atom stereocenters. The predicted octanol–water partition coefficient (Wildman–Crippen LogP) is 3.19. The van der Waals surface area contributed by atoms with Crippen LogP contribution >= 0.6 is 0 Å². The van der Waals surface area contributed by atoms with E-state index in [2.05, 4.69) is 4.98 Å². The standard InChI is InChI=1S/C13H11F3N2O/c14-13(15,16)12-2-1-10(8-18-12)11(7-17)9-3-5-19-6-4-9/h1-2,8H,3-6H2. The number of pyridine rings is 1. The normalized spacial score (nSPS) is 16.0. The summed E-state index contributed by atoms with van der Waals surface area (Å²) < 4.78 is 42.4. The van der Waals surface area contributed by atoms with E-state index in [1.807, 2.05) is 6.07 Å². The van der Waals surface area contributed by atoms with Crippen molar-refractivity contribution >= 4 is 5.57 Å². The van der Waals surface area contributed by atoms with Gasteiger partial charge in [-0.15, -0.1) is 0 Å². The van der Waals surface area contributed by atoms with Crippen LogP contribution < -0.4 is 0 Å². The lowest BCUT2D eigenvalue weighted by Gasteiger charge is -2.16. The van der Waals surface area contributed by atoms with E-state index < -0.39 is 11.9 Å². The van der Waals surface area contributed by atoms with Crippen LogP contribution in [0.4, 0.5) is 13.2 Å². The first-order valence-corrected chi connectivity index (χ1v) is 5.76. The van der Waals surface area contributed by atoms with Gasteiger partial charge in [-0.05, 0) is 30.5 Å². The summed E-state index contributed by atoms with van der Waals surface area (Å²) in [6, 6.07) is 4.23. The summed E-state index contributed by atoms with van der Waals surface area (Å²) >= 11 is 0. The SMILES string of the molecule is N#CC(=C1CCOCC1)c1ccc(C(F)(F)F)nc1. The molecule has 1 saturated heterocycles. The average molecular weight is 268 g/mol. The highest BCUT2D eigenvalue weighted by Gasteiger charge is 2.32. The molecule has 0 radical (unpaired) electrons. The summed E-state index contributed by atoms with van der Waals surface area (Å²) in [5.41, 5.74) is 0.790. The summed E-state index contributed by atoms with van der Waals surface area (Å²) in [6.07, 6.45) is -2.10. The maximum absolute atomic E-state index is 12.4. The smallest absolute Gasteiger partial charge is 0.381 e. The molecule has 1 aliphatic heterocycles. The van der Waals surface area contributed by atoms with E-state index in [-0.39, 0.29) is 0 Å². The van der Waals surface area contributed by atoms with E-state index in [0.29, 0.717) is 37.2 Å². The molecule has 1 fully saturated rings. The number of hydrogen-bond acceptors (Lipinski definition) is 3. The summed E-state index contributed by atoms with van der Waals surface area (Å²) in [5.74, 6) is 0. The third-order valence-electron chi connectivity index (χ3n) is 2.90. The molecule has 1 aliphatic rings. The van der Waals surface area contributed by atoms with E-state index >= 15 is 0 Å². The van der Waals surface area contributed by atoms with Crippen LogP contribution in [0.3, 0.4) is 0 Å². The number of rotatable bonds is 1. The van der Waals surface area contributed by atoms with Crippen molar-refractivity contribution in [1.82, 2.24) is 4.98 Å². The van der Waals surface area contributed by atoms with Crippen LogP contribution in [0, 0.1) is 11.3 Å². The van der Waals surface area contributed by atoms with Crippen LogP contribution in [0.25, 0.3) is 5.57 Å². The molecule has 0 spiro atoms. The molecule has 0 amide bonds. The highest BCUT2D eigenvalue weighted by Crippen LogP contribution is 2.29. The van der Waals surface area contributed by atoms with E-state index in [0.717, 1.165) is 17.8 Å². The Morgan fingerprint density at radius 1 is 1.26 bits per heavy atom. The van der Waals surface area contributed by atoms with Gasteiger partial charge in [0.15, 0.2) is 0 Å². The largest absolute Gasteiger partial charge is 0.433 e. The molecular weight excluding hydrogens is 257 g/mol. The van der Waals surface area contributed by atoms with E-state index in [4.69, 9.17) is 10.00 Å². The number of alkyl halides is 3. The first-order valence-electron chi connectivity index (χ1n) is 5.76. The van der Waals surface area contributed by atoms with Crippen molar-refractivity contribution in [2.24, 2.45) is 0 Å². The Bertz CT molecular complexity index is 518. The molecule has 0 aliphatic carbocycles. The zero-order chi connectivity index (χ0) is 13.9. The number of nitrogens with zero attached hydrogens (tertiary/aromatic N) is 2. The fourth-order valence-corrected chi connectivity index (χ4v) is 1.92. The van der Waals surface area contributed by atoms with Crippen LogP contribution in [0.1, 0.15) is 24.1 Å². The number of aromatic nitrogens is 1. The van der Waals surface area contributed by atoms with Gasteiger partial charge in [0.1, 0.15) is 5.69 Å². The molecule has 2 rings (SSSR count). The van der Waals surface area contributed by atoms with Gasteiger partial charge >= 0.3 is 6.18 Å². The summed E-state index contributed by atoms with van der Waals surface area (Å²) in [7, 11) is 0. The van der Waals surface area contributed by atoms with E-state index in [1.165, 1.54) is 6.07 Å². The predicted molar refractivity (Wildman–Crippen MR) is 61.8 cm³/mol. The minimum atomic E-state index is -4.46. The number of halogens is 3. The lowest BCUT2D eigenvalue weighted by Crippen LogP contribution is -2.10. The highest BCUT2D eigenvalue weighted by atomic mass is 19.4. The van der Waals surface area contributed by atoms with Crippen LogP contribution in [0.15, 0.2) is 23.9 Å². The average Bonchev–Trinajstić information content (AvgIpc) is 2.40. The Balaban J connectivity index is 2.32. The second-order valence-corrected chi connectivity index (χ2v) is 4.13. The molecule has 3 nitrogen and oxygen atoms in total. The highest BCUT2D eigenvalue weighted by molar-refractivity contribution is 5.79. The summed E-state index contributed by atoms with van der Waals surface area (Å²) in [4.78, 5) is 3.37. The van der Waals surface area contributed by atoms with E-state index in [9.17, 15) is 13.2 Å². The first kappa shape index (κ1) is 13.6. The number of ether oxygens (including phenoxy) is 1. The molecule has 2 heterocycles. The third-order valence-corrected chi connectivity index (χ3v) is 2.90. The van der Waals surface area contributed by atoms with Gasteiger partial charge in [-0.25, -0.2) is 0 Å². The van der Waals surface area contributed by atoms with Gasteiger partial charge in [-0.3, -0.25) is 4.98 Å². The fourth-order valence-electron chi connectivity index (χ4n) is 1.92. The molecule has 0 saturated carbocycles. The van der Waals surface area contributed by atoms with Gasteiger partial charge in [0.05, 0.1) is 24.9 Å². The lowest BCUT2D eigenvalue weighted by molar-refractivity contribution is -0.141. The Morgan fingerprint density at radius 3 is 2.42 bits per heavy atom. The van der Waals surface area contributed by atoms with Crippen molar-refractivity contribution < 1.29 is 17.9 Å². The second-order valence-electron chi connectivity index (χ2n) is 4.13. The van der Waals surface area contributed by atoms with Crippen molar-refractivity contribution in [2.75, 3.05) is 13.2 Å². The molecule has 0 unspecified atom stereocenters. The van der Waals surface area contributed by atoms with Gasteiger partial charge in [-0.2, -0.15) is 18.4 Å². The molecule has 100 valence electrons. The van der Waals surface area contributed by atoms with Crippen molar-refractivity contribution in [2.45, 2.75) is 19.0 Å². The van der Waals surface area contributed by atoms with Crippen molar-refractivity contribution in [3.63, 3.8) is 0 Å². The van der Waals surface area contributed by atoms with Crippen molar-refractivity contribution in [3.8, 4) is 6.07 Å². The molecule has 1 aromatic heterocycles. The Kier molecular flexibility index (Phi) is 3.86. The van der Waals surface area contributed by atoms with Crippen molar-refractivity contribution in [1.29, 1.82) is 5.26 Å². The van der Waals surface area contributed by atoms with E-state index in [1.54, 1.807) is 0 Å². The van der Waals surface area contributed by atoms with Gasteiger partial charge < -0.3 is 4.74 Å². The molecule has 6 heteroatoms. The third kappa shape index (κ3) is 3.12. The van der Waals surface area contributed by atoms with Crippen LogP contribution in [-0.2, 0) is 10.9 Å². The topological polar surface area (TPSA) is 45.9 Å². The lowest BCUT2D eigenvalue weighted by atomic mass is 9.97. The Labute approximate surface area is 108 Å². The molecule has 0 N–H and O–H groups in total. The number of hydrogen-bond donors (Lipinski definition) is 0. The maximum Gasteiger partial charge on any atom is 0.433 e. The van der Waals surface area contributed by atoms with Gasteiger partial charge in [-0.1, -0.05) is 0 Å². The quantitative estimate of drug-likeness (QED) is 0.735. The molecule has 0 bridgehead atoms. The number of nitriles is 1. The van der Waals surface area contributed by atoms with Crippen LogP contribution in [0.2, 0.25) is 0 Å². The monoisotopic (exact) mass is 268 g/mol. The zero-order valence-corrected chi connectivity index (χ0v) is 10.00. The van der Waals surface area contributed by atoms with Gasteiger partial charge in [0.25, 0.3) is 0 Å². The van der Waals surface area contributed by atoms with Crippen LogP contribution in [0.5, 0.6) is 0 Å². The van der Waals surface area contributed by atoms with Gasteiger partial charge in [0, 0.05) is 11.8 Å². The summed E-state index contributed by atoms with van der Waals surface area (Å²) in [6.45, 7) is 1.07. The molecule has 1 aromatic rings. The second kappa shape index (κ2) is 5.41.